The van der Waals surface area contributed by atoms with Gasteiger partial charge in [0, 0.05) is 50.5 Å². The molecule has 134 valence electrons. The van der Waals surface area contributed by atoms with Crippen LogP contribution >= 0.6 is 0 Å². The predicted octanol–water partition coefficient (Wildman–Crippen LogP) is 2.25. The molecular formula is C19H31N3O2. The van der Waals surface area contributed by atoms with E-state index in [4.69, 9.17) is 10.5 Å². The first-order valence-electron chi connectivity index (χ1n) is 9.31. The average molecular weight is 333 g/mol. The van der Waals surface area contributed by atoms with Crippen molar-refractivity contribution < 1.29 is 9.53 Å². The number of cyclic esters (lactones) is 1. The van der Waals surface area contributed by atoms with Gasteiger partial charge in [-0.2, -0.15) is 0 Å². The van der Waals surface area contributed by atoms with Crippen molar-refractivity contribution in [2.45, 2.75) is 52.1 Å². The topological polar surface area (TPSA) is 58.8 Å². The summed E-state index contributed by atoms with van der Waals surface area (Å²) in [5.74, 6) is 0.0743. The molecule has 5 heteroatoms. The lowest BCUT2D eigenvalue weighted by Crippen LogP contribution is -2.46. The third-order valence-corrected chi connectivity index (χ3v) is 5.81. The highest BCUT2D eigenvalue weighted by Crippen LogP contribution is 2.50. The van der Waals surface area contributed by atoms with E-state index in [9.17, 15) is 4.79 Å². The molecule has 5 nitrogen and oxygen atoms in total. The van der Waals surface area contributed by atoms with Crippen LogP contribution in [-0.2, 0) is 9.53 Å². The molecule has 1 saturated carbocycles. The van der Waals surface area contributed by atoms with Gasteiger partial charge in [0.05, 0.1) is 5.41 Å². The summed E-state index contributed by atoms with van der Waals surface area (Å²) in [6, 6.07) is 0. The van der Waals surface area contributed by atoms with Crippen LogP contribution in [0.5, 0.6) is 0 Å². The van der Waals surface area contributed by atoms with Gasteiger partial charge in [-0.05, 0) is 39.2 Å². The molecule has 2 saturated heterocycles. The standard InChI is InChI=1S/C19H31N3O2/c1-3-16(13-15(2)20)22-11-9-21(10-12-22)8-5-17-14-19(6-4-7-19)18(23)24-17/h3,13,17H,4-12,14,20H2,1-2H3/b15-13-,16-3+. The fraction of sp³-hybridized carbons (Fsp3) is 0.737. The normalized spacial score (nSPS) is 28.2. The summed E-state index contributed by atoms with van der Waals surface area (Å²) in [5, 5.41) is 0. The van der Waals surface area contributed by atoms with E-state index in [-0.39, 0.29) is 17.5 Å². The Labute approximate surface area is 145 Å². The Kier molecular flexibility index (Phi) is 5.18. The number of hydrogen-bond acceptors (Lipinski definition) is 5. The molecule has 0 aromatic carbocycles. The van der Waals surface area contributed by atoms with Crippen LogP contribution in [0.4, 0.5) is 0 Å². The molecule has 3 rings (SSSR count). The van der Waals surface area contributed by atoms with Crippen LogP contribution < -0.4 is 5.73 Å². The summed E-state index contributed by atoms with van der Waals surface area (Å²) in [7, 11) is 0. The number of carbonyl (C=O) groups is 1. The van der Waals surface area contributed by atoms with Crippen molar-refractivity contribution in [2.75, 3.05) is 32.7 Å². The van der Waals surface area contributed by atoms with E-state index in [0.717, 1.165) is 64.1 Å². The number of esters is 1. The number of rotatable bonds is 5. The van der Waals surface area contributed by atoms with Crippen molar-refractivity contribution in [3.8, 4) is 0 Å². The van der Waals surface area contributed by atoms with Gasteiger partial charge >= 0.3 is 5.97 Å². The lowest BCUT2D eigenvalue weighted by molar-refractivity contribution is -0.152. The molecule has 0 aromatic rings. The second kappa shape index (κ2) is 7.18. The zero-order valence-electron chi connectivity index (χ0n) is 15.1. The van der Waals surface area contributed by atoms with Crippen LogP contribution in [0.25, 0.3) is 0 Å². The largest absolute Gasteiger partial charge is 0.462 e. The molecule has 2 N–H and O–H groups in total. The number of carbonyl (C=O) groups excluding carboxylic acids is 1. The van der Waals surface area contributed by atoms with Crippen LogP contribution in [0.15, 0.2) is 23.5 Å². The third-order valence-electron chi connectivity index (χ3n) is 5.81. The van der Waals surface area contributed by atoms with E-state index in [1.165, 1.54) is 12.1 Å². The van der Waals surface area contributed by atoms with Gasteiger partial charge in [-0.1, -0.05) is 12.5 Å². The summed E-state index contributed by atoms with van der Waals surface area (Å²) in [4.78, 5) is 16.9. The van der Waals surface area contributed by atoms with Crippen molar-refractivity contribution in [1.29, 1.82) is 0 Å². The monoisotopic (exact) mass is 333 g/mol. The zero-order chi connectivity index (χ0) is 17.2. The second-order valence-electron chi connectivity index (χ2n) is 7.58. The number of allylic oxidation sites excluding steroid dienone is 3. The molecule has 0 radical (unpaired) electrons. The predicted molar refractivity (Wildman–Crippen MR) is 95.1 cm³/mol. The lowest BCUT2D eigenvalue weighted by atomic mass is 9.67. The lowest BCUT2D eigenvalue weighted by Gasteiger charge is -2.37. The molecule has 2 aliphatic heterocycles. The zero-order valence-corrected chi connectivity index (χ0v) is 15.1. The first kappa shape index (κ1) is 17.3. The van der Waals surface area contributed by atoms with Gasteiger partial charge in [0.2, 0.25) is 0 Å². The SMILES string of the molecule is C/C=C(\C=C(\C)N)N1CCN(CCC2CC3(CCC3)C(=O)O2)CC1. The van der Waals surface area contributed by atoms with Crippen LogP contribution in [0.1, 0.15) is 46.0 Å². The highest BCUT2D eigenvalue weighted by Gasteiger charge is 2.52. The second-order valence-corrected chi connectivity index (χ2v) is 7.58. The number of piperazine rings is 1. The molecule has 2 heterocycles. The van der Waals surface area contributed by atoms with Crippen LogP contribution in [0.3, 0.4) is 0 Å². The van der Waals surface area contributed by atoms with Crippen molar-refractivity contribution in [3.05, 3.63) is 23.5 Å². The van der Waals surface area contributed by atoms with Gasteiger partial charge in [0.1, 0.15) is 6.10 Å². The number of ether oxygens (including phenoxy) is 1. The fourth-order valence-corrected chi connectivity index (χ4v) is 4.16. The van der Waals surface area contributed by atoms with Crippen molar-refractivity contribution in [3.63, 3.8) is 0 Å². The number of nitrogens with zero attached hydrogens (tertiary/aromatic N) is 2. The maximum atomic E-state index is 12.0. The average Bonchev–Trinajstić information content (AvgIpc) is 2.88. The van der Waals surface area contributed by atoms with Gasteiger partial charge < -0.3 is 15.4 Å². The van der Waals surface area contributed by atoms with E-state index >= 15 is 0 Å². The van der Waals surface area contributed by atoms with E-state index in [1.807, 2.05) is 13.0 Å². The molecule has 1 spiro atoms. The Bertz CT molecular complexity index is 525. The fourth-order valence-electron chi connectivity index (χ4n) is 4.16. The molecule has 3 fully saturated rings. The maximum absolute atomic E-state index is 12.0. The van der Waals surface area contributed by atoms with Crippen LogP contribution in [0, 0.1) is 5.41 Å². The first-order valence-corrected chi connectivity index (χ1v) is 9.31. The Morgan fingerprint density at radius 2 is 2.04 bits per heavy atom. The van der Waals surface area contributed by atoms with E-state index in [1.54, 1.807) is 0 Å². The summed E-state index contributed by atoms with van der Waals surface area (Å²) >= 11 is 0. The van der Waals surface area contributed by atoms with E-state index in [2.05, 4.69) is 22.8 Å². The van der Waals surface area contributed by atoms with E-state index in [0.29, 0.717) is 0 Å². The quantitative estimate of drug-likeness (QED) is 0.618. The van der Waals surface area contributed by atoms with Gasteiger partial charge in [-0.15, -0.1) is 0 Å². The van der Waals surface area contributed by atoms with Crippen molar-refractivity contribution in [2.24, 2.45) is 11.1 Å². The Morgan fingerprint density at radius 1 is 1.33 bits per heavy atom. The molecule has 1 unspecified atom stereocenters. The first-order chi connectivity index (χ1) is 11.5. The summed E-state index contributed by atoms with van der Waals surface area (Å²) < 4.78 is 5.62. The Morgan fingerprint density at radius 3 is 2.54 bits per heavy atom. The minimum atomic E-state index is -0.0867. The molecule has 24 heavy (non-hydrogen) atoms. The summed E-state index contributed by atoms with van der Waals surface area (Å²) in [6.07, 6.45) is 9.52. The molecule has 1 atom stereocenters. The van der Waals surface area contributed by atoms with Gasteiger partial charge in [0.15, 0.2) is 0 Å². The summed E-state index contributed by atoms with van der Waals surface area (Å²) in [5.41, 5.74) is 7.78. The van der Waals surface area contributed by atoms with Crippen molar-refractivity contribution >= 4 is 5.97 Å². The van der Waals surface area contributed by atoms with E-state index < -0.39 is 0 Å². The van der Waals surface area contributed by atoms with Gasteiger partial charge in [0.25, 0.3) is 0 Å². The molecule has 1 aliphatic carbocycles. The van der Waals surface area contributed by atoms with Gasteiger partial charge in [-0.25, -0.2) is 0 Å². The molecule has 0 aromatic heterocycles. The maximum Gasteiger partial charge on any atom is 0.312 e. The highest BCUT2D eigenvalue weighted by atomic mass is 16.6. The minimum absolute atomic E-state index is 0.0743. The minimum Gasteiger partial charge on any atom is -0.462 e. The van der Waals surface area contributed by atoms with Gasteiger partial charge in [-0.3, -0.25) is 9.69 Å². The number of nitrogens with two attached hydrogens (primary N) is 1. The number of hydrogen-bond donors (Lipinski definition) is 1. The Hall–Kier alpha value is -1.49. The highest BCUT2D eigenvalue weighted by molar-refractivity contribution is 5.80. The molecule has 0 amide bonds. The van der Waals surface area contributed by atoms with Crippen LogP contribution in [-0.4, -0.2) is 54.6 Å². The third kappa shape index (κ3) is 3.61. The molecule has 3 aliphatic rings. The summed E-state index contributed by atoms with van der Waals surface area (Å²) in [6.45, 7) is 9.18. The van der Waals surface area contributed by atoms with Crippen LogP contribution in [0.2, 0.25) is 0 Å². The molecular weight excluding hydrogens is 302 g/mol. The Balaban J connectivity index is 1.42. The van der Waals surface area contributed by atoms with Crippen molar-refractivity contribution in [1.82, 2.24) is 9.80 Å². The molecule has 0 bridgehead atoms. The smallest absolute Gasteiger partial charge is 0.312 e.